The Kier molecular flexibility index (Phi) is 5.81. The summed E-state index contributed by atoms with van der Waals surface area (Å²) in [7, 11) is -3.85. The second-order valence-electron chi connectivity index (χ2n) is 6.06. The number of carbonyl (C=O) groups is 1. The fraction of sp³-hybridized carbons (Fsp3) is 0.0476. The Morgan fingerprint density at radius 1 is 1.03 bits per heavy atom. The average molecular weight is 408 g/mol. The van der Waals surface area contributed by atoms with E-state index >= 15 is 0 Å². The van der Waals surface area contributed by atoms with Crippen molar-refractivity contribution in [2.45, 2.75) is 11.5 Å². The molecule has 3 rings (SSSR count). The van der Waals surface area contributed by atoms with E-state index in [0.29, 0.717) is 17.0 Å². The minimum absolute atomic E-state index is 0.00533. The Hall–Kier alpha value is -3.83. The van der Waals surface area contributed by atoms with Gasteiger partial charge in [0.25, 0.3) is 10.0 Å². The molecule has 0 amide bonds. The number of anilines is 1. The van der Waals surface area contributed by atoms with Crippen molar-refractivity contribution in [3.05, 3.63) is 89.5 Å². The fourth-order valence-corrected chi connectivity index (χ4v) is 3.57. The maximum Gasteiger partial charge on any atom is 0.335 e. The number of nitrogens with zero attached hydrogens (tertiary/aromatic N) is 1. The molecule has 0 atom stereocenters. The molecule has 3 aromatic rings. The molecule has 8 heteroatoms. The molecule has 0 spiro atoms. The molecule has 0 saturated heterocycles. The fourth-order valence-electron chi connectivity index (χ4n) is 2.51. The zero-order valence-corrected chi connectivity index (χ0v) is 15.9. The molecule has 29 heavy (non-hydrogen) atoms. The summed E-state index contributed by atoms with van der Waals surface area (Å²) in [5.41, 5.74) is 1.74. The van der Waals surface area contributed by atoms with E-state index in [1.54, 1.807) is 42.5 Å². The lowest BCUT2D eigenvalue weighted by atomic mass is 10.1. The topological polar surface area (TPSA) is 116 Å². The van der Waals surface area contributed by atoms with Crippen LogP contribution in [0.15, 0.2) is 77.7 Å². The quantitative estimate of drug-likeness (QED) is 0.616. The van der Waals surface area contributed by atoms with Crippen LogP contribution < -0.4 is 9.46 Å². The van der Waals surface area contributed by atoms with Crippen LogP contribution in [0, 0.1) is 11.3 Å². The number of benzene rings is 3. The SMILES string of the molecule is N#Cc1cccc(COc2ccc(NS(=O)(=O)c3ccc(C(=O)O)cc3)cc2)c1. The summed E-state index contributed by atoms with van der Waals surface area (Å²) in [5, 5.41) is 17.8. The Labute approximate surface area is 167 Å². The number of ether oxygens (including phenoxy) is 1. The molecule has 2 N–H and O–H groups in total. The summed E-state index contributed by atoms with van der Waals surface area (Å²) in [6.45, 7) is 0.274. The number of rotatable bonds is 7. The second-order valence-corrected chi connectivity index (χ2v) is 7.74. The van der Waals surface area contributed by atoms with Gasteiger partial charge in [0.2, 0.25) is 0 Å². The summed E-state index contributed by atoms with van der Waals surface area (Å²) < 4.78 is 32.9. The van der Waals surface area contributed by atoms with E-state index in [1.807, 2.05) is 6.07 Å². The first-order valence-corrected chi connectivity index (χ1v) is 9.94. The van der Waals surface area contributed by atoms with Crippen molar-refractivity contribution in [3.8, 4) is 11.8 Å². The third-order valence-electron chi connectivity index (χ3n) is 3.98. The largest absolute Gasteiger partial charge is 0.489 e. The van der Waals surface area contributed by atoms with E-state index in [4.69, 9.17) is 15.1 Å². The smallest absolute Gasteiger partial charge is 0.335 e. The van der Waals surface area contributed by atoms with Gasteiger partial charge in [-0.25, -0.2) is 13.2 Å². The number of hydrogen-bond donors (Lipinski definition) is 2. The molecule has 0 unspecified atom stereocenters. The van der Waals surface area contributed by atoms with Crippen molar-refractivity contribution in [1.82, 2.24) is 0 Å². The summed E-state index contributed by atoms with van der Waals surface area (Å²) in [5.74, 6) is -0.585. The Morgan fingerprint density at radius 2 is 1.72 bits per heavy atom. The van der Waals surface area contributed by atoms with Gasteiger partial charge in [0, 0.05) is 5.69 Å². The van der Waals surface area contributed by atoms with Crippen molar-refractivity contribution in [2.75, 3.05) is 4.72 Å². The van der Waals surface area contributed by atoms with Crippen LogP contribution in [-0.2, 0) is 16.6 Å². The Morgan fingerprint density at radius 3 is 2.34 bits per heavy atom. The number of sulfonamides is 1. The van der Waals surface area contributed by atoms with E-state index in [9.17, 15) is 13.2 Å². The van der Waals surface area contributed by atoms with Crippen molar-refractivity contribution >= 4 is 21.7 Å². The van der Waals surface area contributed by atoms with E-state index < -0.39 is 16.0 Å². The third-order valence-corrected chi connectivity index (χ3v) is 5.38. The minimum atomic E-state index is -3.85. The van der Waals surface area contributed by atoms with Gasteiger partial charge < -0.3 is 9.84 Å². The zero-order chi connectivity index (χ0) is 20.9. The molecule has 0 bridgehead atoms. The van der Waals surface area contributed by atoms with Crippen LogP contribution in [0.2, 0.25) is 0 Å². The van der Waals surface area contributed by atoms with Crippen molar-refractivity contribution < 1.29 is 23.1 Å². The minimum Gasteiger partial charge on any atom is -0.489 e. The van der Waals surface area contributed by atoms with Gasteiger partial charge in [-0.1, -0.05) is 12.1 Å². The van der Waals surface area contributed by atoms with Crippen molar-refractivity contribution in [2.24, 2.45) is 0 Å². The molecule has 0 radical (unpaired) electrons. The number of nitriles is 1. The van der Waals surface area contributed by atoms with Gasteiger partial charge in [0.1, 0.15) is 12.4 Å². The lowest BCUT2D eigenvalue weighted by Gasteiger charge is -2.10. The highest BCUT2D eigenvalue weighted by Gasteiger charge is 2.15. The van der Waals surface area contributed by atoms with Crippen LogP contribution in [0.1, 0.15) is 21.5 Å². The molecule has 0 saturated carbocycles. The Bertz CT molecular complexity index is 1160. The molecule has 0 aliphatic heterocycles. The summed E-state index contributed by atoms with van der Waals surface area (Å²) in [6.07, 6.45) is 0. The first kappa shape index (κ1) is 19.9. The van der Waals surface area contributed by atoms with Crippen LogP contribution in [0.3, 0.4) is 0 Å². The maximum atomic E-state index is 12.4. The molecule has 0 heterocycles. The van der Waals surface area contributed by atoms with Crippen LogP contribution in [0.5, 0.6) is 5.75 Å². The van der Waals surface area contributed by atoms with E-state index in [2.05, 4.69) is 10.8 Å². The van der Waals surface area contributed by atoms with Gasteiger partial charge in [-0.15, -0.1) is 0 Å². The number of nitrogens with one attached hydrogen (secondary N) is 1. The standard InChI is InChI=1S/C21H16N2O5S/c22-13-15-2-1-3-16(12-15)14-28-19-8-6-18(7-9-19)23-29(26,27)20-10-4-17(5-11-20)21(24)25/h1-12,23H,14H2,(H,24,25). The van der Waals surface area contributed by atoms with Gasteiger partial charge in [-0.3, -0.25) is 4.72 Å². The highest BCUT2D eigenvalue weighted by atomic mass is 32.2. The van der Waals surface area contributed by atoms with E-state index in [0.717, 1.165) is 5.56 Å². The predicted molar refractivity (Wildman–Crippen MR) is 106 cm³/mol. The van der Waals surface area contributed by atoms with Crippen LogP contribution in [0.25, 0.3) is 0 Å². The molecular weight excluding hydrogens is 392 g/mol. The van der Waals surface area contributed by atoms with Gasteiger partial charge in [-0.05, 0) is 66.2 Å². The predicted octanol–water partition coefficient (Wildman–Crippen LogP) is 3.64. The number of aromatic carboxylic acids is 1. The monoisotopic (exact) mass is 408 g/mol. The third kappa shape index (κ3) is 5.12. The van der Waals surface area contributed by atoms with E-state index in [1.165, 1.54) is 24.3 Å². The number of carboxylic acids is 1. The molecule has 0 aromatic heterocycles. The first-order chi connectivity index (χ1) is 13.9. The molecular formula is C21H16N2O5S. The molecule has 0 aliphatic carbocycles. The van der Waals surface area contributed by atoms with Crippen molar-refractivity contribution in [3.63, 3.8) is 0 Å². The second kappa shape index (κ2) is 8.46. The molecule has 0 aliphatic rings. The molecule has 146 valence electrons. The summed E-state index contributed by atoms with van der Waals surface area (Å²) in [6, 6.07) is 20.4. The highest BCUT2D eigenvalue weighted by molar-refractivity contribution is 7.92. The lowest BCUT2D eigenvalue weighted by Crippen LogP contribution is -2.13. The van der Waals surface area contributed by atoms with Crippen LogP contribution >= 0.6 is 0 Å². The zero-order valence-electron chi connectivity index (χ0n) is 15.1. The lowest BCUT2D eigenvalue weighted by molar-refractivity contribution is 0.0696. The van der Waals surface area contributed by atoms with Gasteiger partial charge >= 0.3 is 5.97 Å². The van der Waals surface area contributed by atoms with Gasteiger partial charge in [0.15, 0.2) is 0 Å². The first-order valence-electron chi connectivity index (χ1n) is 8.45. The normalized spacial score (nSPS) is 10.7. The molecule has 0 fully saturated rings. The average Bonchev–Trinajstić information content (AvgIpc) is 2.73. The van der Waals surface area contributed by atoms with Gasteiger partial charge in [-0.2, -0.15) is 5.26 Å². The maximum absolute atomic E-state index is 12.4. The van der Waals surface area contributed by atoms with Gasteiger partial charge in [0.05, 0.1) is 22.1 Å². The molecule has 3 aromatic carbocycles. The highest BCUT2D eigenvalue weighted by Crippen LogP contribution is 2.21. The van der Waals surface area contributed by atoms with Crippen LogP contribution in [0.4, 0.5) is 5.69 Å². The summed E-state index contributed by atoms with van der Waals surface area (Å²) >= 11 is 0. The molecule has 7 nitrogen and oxygen atoms in total. The Balaban J connectivity index is 1.65. The van der Waals surface area contributed by atoms with Crippen LogP contribution in [-0.4, -0.2) is 19.5 Å². The summed E-state index contributed by atoms with van der Waals surface area (Å²) in [4.78, 5) is 10.8. The van der Waals surface area contributed by atoms with E-state index in [-0.39, 0.29) is 17.1 Å². The van der Waals surface area contributed by atoms with Crippen molar-refractivity contribution in [1.29, 1.82) is 5.26 Å². The number of hydrogen-bond acceptors (Lipinski definition) is 5. The number of carboxylic acid groups (broad SMARTS) is 1.